The molecule has 1 aliphatic heterocycles. The van der Waals surface area contributed by atoms with Crippen LogP contribution in [0.4, 0.5) is 5.69 Å². The fraction of sp³-hybridized carbons (Fsp3) is 0.692. The summed E-state index contributed by atoms with van der Waals surface area (Å²) in [6.45, 7) is 6.12. The smallest absolute Gasteiger partial charge is 0.274 e. The number of aromatic amines is 1. The number of carbonyl (C=O) groups excluding carboxylic acids is 1. The number of rotatable bonds is 3. The molecular formula is C13H22N4O. The fourth-order valence-electron chi connectivity index (χ4n) is 2.77. The second kappa shape index (κ2) is 5.00. The maximum atomic E-state index is 12.2. The van der Waals surface area contributed by atoms with Gasteiger partial charge in [-0.2, -0.15) is 5.10 Å². The Morgan fingerprint density at radius 2 is 2.06 bits per heavy atom. The summed E-state index contributed by atoms with van der Waals surface area (Å²) in [5.74, 6) is -0.0224. The number of nitrogens with zero attached hydrogens (tertiary/aromatic N) is 2. The highest BCUT2D eigenvalue weighted by molar-refractivity contribution is 5.97. The molecule has 18 heavy (non-hydrogen) atoms. The van der Waals surface area contributed by atoms with Crippen molar-refractivity contribution in [1.29, 1.82) is 0 Å². The number of amides is 1. The highest BCUT2D eigenvalue weighted by Gasteiger charge is 2.33. The maximum Gasteiger partial charge on any atom is 0.274 e. The minimum atomic E-state index is -0.0224. The van der Waals surface area contributed by atoms with E-state index in [2.05, 4.69) is 24.0 Å². The molecule has 0 radical (unpaired) electrons. The van der Waals surface area contributed by atoms with Crippen LogP contribution in [0.2, 0.25) is 0 Å². The molecular weight excluding hydrogens is 228 g/mol. The number of hydrogen-bond acceptors (Lipinski definition) is 3. The van der Waals surface area contributed by atoms with Crippen LogP contribution in [0.1, 0.15) is 50.0 Å². The molecule has 5 nitrogen and oxygen atoms in total. The standard InChI is InChI=1S/C13H22N4O/c1-3-13(4-2)5-7-17(8-6-13)12(18)11-10(14)9-15-16-11/h9H,3-8,14H2,1-2H3,(H,15,16). The largest absolute Gasteiger partial charge is 0.396 e. The number of carbonyl (C=O) groups is 1. The number of hydrogen-bond donors (Lipinski definition) is 2. The lowest BCUT2D eigenvalue weighted by Crippen LogP contribution is -2.43. The lowest BCUT2D eigenvalue weighted by Gasteiger charge is -2.40. The Kier molecular flexibility index (Phi) is 3.59. The normalized spacial score (nSPS) is 18.9. The van der Waals surface area contributed by atoms with E-state index in [-0.39, 0.29) is 5.91 Å². The number of likely N-dealkylation sites (tertiary alicyclic amines) is 1. The van der Waals surface area contributed by atoms with E-state index >= 15 is 0 Å². The lowest BCUT2D eigenvalue weighted by atomic mass is 9.74. The van der Waals surface area contributed by atoms with Crippen LogP contribution in [-0.4, -0.2) is 34.1 Å². The molecule has 1 aliphatic rings. The Hall–Kier alpha value is -1.52. The minimum Gasteiger partial charge on any atom is -0.396 e. The summed E-state index contributed by atoms with van der Waals surface area (Å²) < 4.78 is 0. The summed E-state index contributed by atoms with van der Waals surface area (Å²) in [5.41, 5.74) is 7.00. The second-order valence-electron chi connectivity index (χ2n) is 5.20. The number of H-pyrrole nitrogens is 1. The molecule has 2 heterocycles. The summed E-state index contributed by atoms with van der Waals surface area (Å²) in [7, 11) is 0. The van der Waals surface area contributed by atoms with Crippen molar-refractivity contribution in [3.63, 3.8) is 0 Å². The zero-order valence-electron chi connectivity index (χ0n) is 11.2. The topological polar surface area (TPSA) is 75.0 Å². The number of anilines is 1. The fourth-order valence-corrected chi connectivity index (χ4v) is 2.77. The minimum absolute atomic E-state index is 0.0224. The maximum absolute atomic E-state index is 12.2. The van der Waals surface area contributed by atoms with E-state index in [0.29, 0.717) is 16.8 Å². The summed E-state index contributed by atoms with van der Waals surface area (Å²) in [4.78, 5) is 14.1. The van der Waals surface area contributed by atoms with Crippen LogP contribution in [0.15, 0.2) is 6.20 Å². The molecule has 5 heteroatoms. The van der Waals surface area contributed by atoms with E-state index in [1.165, 1.54) is 19.0 Å². The SMILES string of the molecule is CCC1(CC)CCN(C(=O)c2[nH]ncc2N)CC1. The molecule has 0 saturated carbocycles. The van der Waals surface area contributed by atoms with Crippen molar-refractivity contribution in [2.24, 2.45) is 5.41 Å². The predicted octanol–water partition coefficient (Wildman–Crippen LogP) is 2.03. The van der Waals surface area contributed by atoms with Crippen LogP contribution in [0, 0.1) is 5.41 Å². The van der Waals surface area contributed by atoms with Crippen LogP contribution in [-0.2, 0) is 0 Å². The van der Waals surface area contributed by atoms with Gasteiger partial charge in [0.05, 0.1) is 11.9 Å². The van der Waals surface area contributed by atoms with E-state index in [1.807, 2.05) is 4.90 Å². The van der Waals surface area contributed by atoms with Crippen LogP contribution in [0.5, 0.6) is 0 Å². The molecule has 0 aliphatic carbocycles. The van der Waals surface area contributed by atoms with Gasteiger partial charge >= 0.3 is 0 Å². The van der Waals surface area contributed by atoms with Crippen molar-refractivity contribution >= 4 is 11.6 Å². The molecule has 2 rings (SSSR count). The number of piperidine rings is 1. The van der Waals surface area contributed by atoms with Gasteiger partial charge in [0, 0.05) is 13.1 Å². The van der Waals surface area contributed by atoms with Gasteiger partial charge in [0.15, 0.2) is 0 Å². The van der Waals surface area contributed by atoms with Crippen molar-refractivity contribution < 1.29 is 4.79 Å². The van der Waals surface area contributed by atoms with Crippen LogP contribution in [0.3, 0.4) is 0 Å². The number of aromatic nitrogens is 2. The molecule has 1 aromatic heterocycles. The third kappa shape index (κ3) is 2.21. The number of nitrogens with two attached hydrogens (primary N) is 1. The van der Waals surface area contributed by atoms with Gasteiger partial charge in [0.2, 0.25) is 0 Å². The molecule has 0 unspecified atom stereocenters. The monoisotopic (exact) mass is 250 g/mol. The van der Waals surface area contributed by atoms with E-state index in [4.69, 9.17) is 5.73 Å². The molecule has 0 bridgehead atoms. The molecule has 0 atom stereocenters. The quantitative estimate of drug-likeness (QED) is 0.862. The van der Waals surface area contributed by atoms with Gasteiger partial charge in [-0.05, 0) is 18.3 Å². The van der Waals surface area contributed by atoms with E-state index < -0.39 is 0 Å². The molecule has 1 fully saturated rings. The summed E-state index contributed by atoms with van der Waals surface area (Å²) in [6.07, 6.45) is 6.04. The molecule has 0 spiro atoms. The average molecular weight is 250 g/mol. The van der Waals surface area contributed by atoms with Crippen LogP contribution >= 0.6 is 0 Å². The van der Waals surface area contributed by atoms with E-state index in [0.717, 1.165) is 25.9 Å². The van der Waals surface area contributed by atoms with Gasteiger partial charge in [-0.3, -0.25) is 9.89 Å². The Morgan fingerprint density at radius 1 is 1.44 bits per heavy atom. The highest BCUT2D eigenvalue weighted by Crippen LogP contribution is 2.38. The highest BCUT2D eigenvalue weighted by atomic mass is 16.2. The van der Waals surface area contributed by atoms with Gasteiger partial charge in [0.25, 0.3) is 5.91 Å². The first-order chi connectivity index (χ1) is 8.62. The van der Waals surface area contributed by atoms with Crippen LogP contribution in [0.25, 0.3) is 0 Å². The van der Waals surface area contributed by atoms with E-state index in [9.17, 15) is 4.79 Å². The summed E-state index contributed by atoms with van der Waals surface area (Å²) in [6, 6.07) is 0. The van der Waals surface area contributed by atoms with Gasteiger partial charge in [-0.15, -0.1) is 0 Å². The first kappa shape index (κ1) is 12.9. The summed E-state index contributed by atoms with van der Waals surface area (Å²) in [5, 5.41) is 6.49. The Balaban J connectivity index is 2.02. The van der Waals surface area contributed by atoms with Crippen molar-refractivity contribution in [2.75, 3.05) is 18.8 Å². The van der Waals surface area contributed by atoms with Crippen molar-refractivity contribution in [3.8, 4) is 0 Å². The third-order valence-corrected chi connectivity index (χ3v) is 4.49. The van der Waals surface area contributed by atoms with Gasteiger partial charge in [-0.1, -0.05) is 26.7 Å². The first-order valence-corrected chi connectivity index (χ1v) is 6.70. The zero-order valence-corrected chi connectivity index (χ0v) is 11.2. The summed E-state index contributed by atoms with van der Waals surface area (Å²) >= 11 is 0. The van der Waals surface area contributed by atoms with E-state index in [1.54, 1.807) is 0 Å². The molecule has 100 valence electrons. The Bertz CT molecular complexity index is 412. The van der Waals surface area contributed by atoms with Gasteiger partial charge in [-0.25, -0.2) is 0 Å². The molecule has 0 aromatic carbocycles. The number of nitrogen functional groups attached to an aromatic ring is 1. The Labute approximate surface area is 108 Å². The van der Waals surface area contributed by atoms with Crippen molar-refractivity contribution in [1.82, 2.24) is 15.1 Å². The molecule has 1 aromatic rings. The predicted molar refractivity (Wildman–Crippen MR) is 71.2 cm³/mol. The van der Waals surface area contributed by atoms with Crippen molar-refractivity contribution in [2.45, 2.75) is 39.5 Å². The van der Waals surface area contributed by atoms with Crippen molar-refractivity contribution in [3.05, 3.63) is 11.9 Å². The second-order valence-corrected chi connectivity index (χ2v) is 5.20. The third-order valence-electron chi connectivity index (χ3n) is 4.49. The first-order valence-electron chi connectivity index (χ1n) is 6.70. The average Bonchev–Trinajstić information content (AvgIpc) is 2.84. The van der Waals surface area contributed by atoms with Crippen LogP contribution < -0.4 is 5.73 Å². The molecule has 3 N–H and O–H groups in total. The Morgan fingerprint density at radius 3 is 2.50 bits per heavy atom. The van der Waals surface area contributed by atoms with Gasteiger partial charge < -0.3 is 10.6 Å². The molecule has 1 saturated heterocycles. The lowest BCUT2D eigenvalue weighted by molar-refractivity contribution is 0.0553. The number of nitrogens with one attached hydrogen (secondary N) is 1. The van der Waals surface area contributed by atoms with Gasteiger partial charge in [0.1, 0.15) is 5.69 Å². The zero-order chi connectivity index (χ0) is 13.2. The molecule has 1 amide bonds.